The number of hydrogen-bond acceptors (Lipinski definition) is 5. The Morgan fingerprint density at radius 1 is 1.31 bits per heavy atom. The molecule has 0 aromatic carbocycles. The molecule has 2 N–H and O–H groups in total. The van der Waals surface area contributed by atoms with Gasteiger partial charge in [0.2, 0.25) is 11.8 Å². The van der Waals surface area contributed by atoms with Gasteiger partial charge >= 0.3 is 0 Å². The maximum atomic E-state index is 12.0. The van der Waals surface area contributed by atoms with E-state index in [2.05, 4.69) is 20.6 Å². The Labute approximate surface area is 158 Å². The van der Waals surface area contributed by atoms with Crippen LogP contribution in [-0.4, -0.2) is 47.9 Å². The van der Waals surface area contributed by atoms with Crippen molar-refractivity contribution >= 4 is 23.2 Å². The quantitative estimate of drug-likeness (QED) is 0.519. The summed E-state index contributed by atoms with van der Waals surface area (Å²) in [7, 11) is 0. The number of nitrogens with zero attached hydrogens (tertiary/aromatic N) is 3. The van der Waals surface area contributed by atoms with Crippen LogP contribution in [0.5, 0.6) is 0 Å². The molecule has 0 aliphatic rings. The zero-order valence-corrected chi connectivity index (χ0v) is 16.4. The molecule has 0 unspecified atom stereocenters. The molecule has 2 aromatic heterocycles. The molecule has 26 heavy (non-hydrogen) atoms. The molecule has 2 heterocycles. The lowest BCUT2D eigenvalue weighted by atomic mass is 10.3. The van der Waals surface area contributed by atoms with Crippen molar-refractivity contribution in [3.63, 3.8) is 0 Å². The van der Waals surface area contributed by atoms with E-state index in [1.54, 1.807) is 17.6 Å². The van der Waals surface area contributed by atoms with Crippen LogP contribution in [0.4, 0.5) is 0 Å². The predicted molar refractivity (Wildman–Crippen MR) is 105 cm³/mol. The Kier molecular flexibility index (Phi) is 8.14. The second-order valence-electron chi connectivity index (χ2n) is 5.56. The Hall–Kier alpha value is -2.35. The first kappa shape index (κ1) is 20.0. The number of nitrogens with one attached hydrogen (secondary N) is 2. The first-order chi connectivity index (χ1) is 12.7. The van der Waals surface area contributed by atoms with E-state index >= 15 is 0 Å². The van der Waals surface area contributed by atoms with Gasteiger partial charge in [0.05, 0.1) is 11.4 Å². The molecule has 0 aliphatic heterocycles. The van der Waals surface area contributed by atoms with Gasteiger partial charge < -0.3 is 20.0 Å². The smallest absolute Gasteiger partial charge is 0.236 e. The van der Waals surface area contributed by atoms with Gasteiger partial charge in [-0.15, -0.1) is 11.3 Å². The highest BCUT2D eigenvalue weighted by Crippen LogP contribution is 2.23. The summed E-state index contributed by atoms with van der Waals surface area (Å²) in [6.07, 6.45) is 2.07. The van der Waals surface area contributed by atoms with E-state index in [4.69, 9.17) is 4.42 Å². The average Bonchev–Trinajstić information content (AvgIpc) is 3.32. The van der Waals surface area contributed by atoms with E-state index in [1.807, 2.05) is 43.2 Å². The zero-order valence-electron chi connectivity index (χ0n) is 15.6. The second kappa shape index (κ2) is 10.6. The number of hydrogen-bond donors (Lipinski definition) is 2. The van der Waals surface area contributed by atoms with E-state index in [9.17, 15) is 4.79 Å². The van der Waals surface area contributed by atoms with Crippen molar-refractivity contribution in [3.05, 3.63) is 29.5 Å². The fourth-order valence-electron chi connectivity index (χ4n) is 2.42. The molecule has 7 nitrogen and oxygen atoms in total. The molecule has 1 amide bonds. The molecule has 2 rings (SSSR count). The summed E-state index contributed by atoms with van der Waals surface area (Å²) in [5, 5.41) is 8.36. The van der Waals surface area contributed by atoms with Crippen molar-refractivity contribution in [1.29, 1.82) is 0 Å². The third kappa shape index (κ3) is 5.87. The zero-order chi connectivity index (χ0) is 18.8. The fraction of sp³-hybridized carbons (Fsp3) is 0.500. The molecule has 8 heteroatoms. The number of guanidine groups is 1. The number of aromatic nitrogens is 1. The summed E-state index contributed by atoms with van der Waals surface area (Å²) in [4.78, 5) is 23.8. The van der Waals surface area contributed by atoms with Gasteiger partial charge in [-0.3, -0.25) is 4.79 Å². The Balaban J connectivity index is 1.87. The van der Waals surface area contributed by atoms with E-state index < -0.39 is 0 Å². The van der Waals surface area contributed by atoms with Gasteiger partial charge in [0.1, 0.15) is 12.0 Å². The SMILES string of the molecule is CCNC(=NCc1coc(-c2cccs2)n1)NCCC(=O)N(CC)CC. The summed E-state index contributed by atoms with van der Waals surface area (Å²) in [6, 6.07) is 3.94. The normalized spacial score (nSPS) is 11.4. The lowest BCUT2D eigenvalue weighted by Crippen LogP contribution is -2.40. The Morgan fingerprint density at radius 3 is 2.77 bits per heavy atom. The highest BCUT2D eigenvalue weighted by Gasteiger charge is 2.10. The molecule has 0 atom stereocenters. The van der Waals surface area contributed by atoms with Crippen LogP contribution in [0.15, 0.2) is 33.2 Å². The minimum Gasteiger partial charge on any atom is -0.443 e. The van der Waals surface area contributed by atoms with Gasteiger partial charge in [0.25, 0.3) is 0 Å². The monoisotopic (exact) mass is 377 g/mol. The molecule has 2 aromatic rings. The average molecular weight is 378 g/mol. The number of oxazole rings is 1. The molecule has 0 radical (unpaired) electrons. The third-order valence-electron chi connectivity index (χ3n) is 3.77. The minimum absolute atomic E-state index is 0.149. The van der Waals surface area contributed by atoms with Gasteiger partial charge in [-0.25, -0.2) is 9.98 Å². The van der Waals surface area contributed by atoms with Gasteiger partial charge in [-0.2, -0.15) is 0 Å². The first-order valence-electron chi connectivity index (χ1n) is 8.96. The van der Waals surface area contributed by atoms with E-state index in [0.717, 1.165) is 30.2 Å². The second-order valence-corrected chi connectivity index (χ2v) is 6.51. The molecule has 0 aliphatic carbocycles. The maximum Gasteiger partial charge on any atom is 0.236 e. The number of aliphatic imine (C=N–C) groups is 1. The number of carbonyl (C=O) groups excluding carboxylic acids is 1. The van der Waals surface area contributed by atoms with Crippen LogP contribution in [0.2, 0.25) is 0 Å². The number of amides is 1. The molecular formula is C18H27N5O2S. The van der Waals surface area contributed by atoms with Crippen LogP contribution in [0.3, 0.4) is 0 Å². The third-order valence-corrected chi connectivity index (χ3v) is 4.63. The van der Waals surface area contributed by atoms with Crippen molar-refractivity contribution in [1.82, 2.24) is 20.5 Å². The van der Waals surface area contributed by atoms with Gasteiger partial charge in [-0.05, 0) is 32.2 Å². The first-order valence-corrected chi connectivity index (χ1v) is 9.84. The molecule has 142 valence electrons. The van der Waals surface area contributed by atoms with Crippen LogP contribution >= 0.6 is 11.3 Å². The topological polar surface area (TPSA) is 82.8 Å². The van der Waals surface area contributed by atoms with Crippen LogP contribution in [0, 0.1) is 0 Å². The number of rotatable bonds is 9. The summed E-state index contributed by atoms with van der Waals surface area (Å²) in [5.74, 6) is 1.43. The van der Waals surface area contributed by atoms with Gasteiger partial charge in [0.15, 0.2) is 5.96 Å². The maximum absolute atomic E-state index is 12.0. The van der Waals surface area contributed by atoms with E-state index in [-0.39, 0.29) is 5.91 Å². The largest absolute Gasteiger partial charge is 0.443 e. The van der Waals surface area contributed by atoms with Crippen molar-refractivity contribution < 1.29 is 9.21 Å². The predicted octanol–water partition coefficient (Wildman–Crippen LogP) is 2.72. The van der Waals surface area contributed by atoms with E-state index in [0.29, 0.717) is 31.4 Å². The molecule has 0 spiro atoms. The number of thiophene rings is 1. The summed E-state index contributed by atoms with van der Waals surface area (Å²) >= 11 is 1.59. The van der Waals surface area contributed by atoms with Gasteiger partial charge in [-0.1, -0.05) is 6.07 Å². The van der Waals surface area contributed by atoms with Crippen LogP contribution in [0.25, 0.3) is 10.8 Å². The lowest BCUT2D eigenvalue weighted by molar-refractivity contribution is -0.130. The summed E-state index contributed by atoms with van der Waals surface area (Å²) in [6.45, 7) is 9.16. The van der Waals surface area contributed by atoms with Crippen molar-refractivity contribution in [3.8, 4) is 10.8 Å². The Morgan fingerprint density at radius 2 is 2.12 bits per heavy atom. The van der Waals surface area contributed by atoms with Gasteiger partial charge in [0, 0.05) is 32.6 Å². The van der Waals surface area contributed by atoms with Crippen molar-refractivity contribution in [2.24, 2.45) is 4.99 Å². The molecule has 0 bridgehead atoms. The molecule has 0 saturated carbocycles. The molecule has 0 fully saturated rings. The van der Waals surface area contributed by atoms with Crippen LogP contribution in [-0.2, 0) is 11.3 Å². The number of carbonyl (C=O) groups is 1. The molecular weight excluding hydrogens is 350 g/mol. The van der Waals surface area contributed by atoms with Crippen molar-refractivity contribution in [2.45, 2.75) is 33.7 Å². The van der Waals surface area contributed by atoms with Crippen LogP contribution < -0.4 is 10.6 Å². The molecule has 0 saturated heterocycles. The fourth-order valence-corrected chi connectivity index (χ4v) is 3.07. The summed E-state index contributed by atoms with van der Waals surface area (Å²) < 4.78 is 5.50. The highest BCUT2D eigenvalue weighted by atomic mass is 32.1. The van der Waals surface area contributed by atoms with Crippen molar-refractivity contribution in [2.75, 3.05) is 26.2 Å². The summed E-state index contributed by atoms with van der Waals surface area (Å²) in [5.41, 5.74) is 0.768. The van der Waals surface area contributed by atoms with E-state index in [1.165, 1.54) is 0 Å². The van der Waals surface area contributed by atoms with Crippen LogP contribution in [0.1, 0.15) is 32.9 Å². The minimum atomic E-state index is 0.149. The lowest BCUT2D eigenvalue weighted by Gasteiger charge is -2.19. The Bertz CT molecular complexity index is 692. The highest BCUT2D eigenvalue weighted by molar-refractivity contribution is 7.13. The standard InChI is InChI=1S/C18H27N5O2S/c1-4-19-18(20-10-9-16(24)23(5-2)6-3)21-12-14-13-25-17(22-14)15-8-7-11-26-15/h7-8,11,13H,4-6,9-10,12H2,1-3H3,(H2,19,20,21).